The Morgan fingerprint density at radius 3 is 2.54 bits per heavy atom. The number of thioether (sulfide) groups is 1. The van der Waals surface area contributed by atoms with Crippen LogP contribution in [0, 0.1) is 18.6 Å². The number of amides is 1. The molecule has 26 heavy (non-hydrogen) atoms. The Labute approximate surface area is 154 Å². The van der Waals surface area contributed by atoms with Gasteiger partial charge in [-0.25, -0.2) is 8.78 Å². The maximum absolute atomic E-state index is 13.5. The summed E-state index contributed by atoms with van der Waals surface area (Å²) in [5.41, 5.74) is 1.94. The second-order valence-corrected chi connectivity index (χ2v) is 6.71. The zero-order chi connectivity index (χ0) is 19.1. The molecule has 2 aromatic carbocycles. The Kier molecular flexibility index (Phi) is 7.15. The number of carbonyl (C=O) groups is 2. The first-order valence-corrected chi connectivity index (χ1v) is 9.09. The number of aryl methyl sites for hydroxylation is 1. The van der Waals surface area contributed by atoms with Gasteiger partial charge in [-0.2, -0.15) is 0 Å². The van der Waals surface area contributed by atoms with Gasteiger partial charge in [0.1, 0.15) is 11.6 Å². The molecular weight excluding hydrogens is 360 g/mol. The fraction of sp³-hybridized carbons (Fsp3) is 0.263. The van der Waals surface area contributed by atoms with Gasteiger partial charge < -0.3 is 10.1 Å². The van der Waals surface area contributed by atoms with E-state index in [1.807, 2.05) is 31.2 Å². The first-order chi connectivity index (χ1) is 12.3. The van der Waals surface area contributed by atoms with E-state index in [4.69, 9.17) is 4.74 Å². The average molecular weight is 379 g/mol. The molecule has 0 saturated heterocycles. The van der Waals surface area contributed by atoms with Gasteiger partial charge in [0.15, 0.2) is 6.10 Å². The van der Waals surface area contributed by atoms with Gasteiger partial charge >= 0.3 is 5.97 Å². The van der Waals surface area contributed by atoms with E-state index in [0.717, 1.165) is 29.3 Å². The van der Waals surface area contributed by atoms with Crippen LogP contribution in [0.1, 0.15) is 18.1 Å². The molecule has 0 unspecified atom stereocenters. The van der Waals surface area contributed by atoms with Crippen molar-refractivity contribution in [1.82, 2.24) is 0 Å². The number of carbonyl (C=O) groups excluding carboxylic acids is 2. The molecule has 0 bridgehead atoms. The second-order valence-electron chi connectivity index (χ2n) is 5.72. The van der Waals surface area contributed by atoms with Crippen molar-refractivity contribution >= 4 is 29.3 Å². The summed E-state index contributed by atoms with van der Waals surface area (Å²) < 4.78 is 31.6. The fourth-order valence-electron chi connectivity index (χ4n) is 2.05. The number of hydrogen-bond acceptors (Lipinski definition) is 4. The third-order valence-electron chi connectivity index (χ3n) is 3.47. The van der Waals surface area contributed by atoms with Crippen LogP contribution in [0.2, 0.25) is 0 Å². The molecule has 7 heteroatoms. The van der Waals surface area contributed by atoms with Gasteiger partial charge in [-0.15, -0.1) is 11.8 Å². The van der Waals surface area contributed by atoms with Crippen molar-refractivity contribution in [2.24, 2.45) is 0 Å². The van der Waals surface area contributed by atoms with E-state index in [-0.39, 0.29) is 11.4 Å². The maximum atomic E-state index is 13.5. The monoisotopic (exact) mass is 379 g/mol. The molecule has 1 N–H and O–H groups in total. The van der Waals surface area contributed by atoms with Crippen LogP contribution in [0.15, 0.2) is 42.5 Å². The van der Waals surface area contributed by atoms with Crippen LogP contribution < -0.4 is 5.32 Å². The molecule has 0 aromatic heterocycles. The molecule has 0 fully saturated rings. The number of esters is 1. The fourth-order valence-corrected chi connectivity index (χ4v) is 2.81. The van der Waals surface area contributed by atoms with E-state index in [1.54, 1.807) is 0 Å². The lowest BCUT2D eigenvalue weighted by Gasteiger charge is -2.14. The Morgan fingerprint density at radius 2 is 1.85 bits per heavy atom. The van der Waals surface area contributed by atoms with E-state index in [0.29, 0.717) is 5.75 Å². The first-order valence-electron chi connectivity index (χ1n) is 7.94. The number of ether oxygens (including phenoxy) is 1. The van der Waals surface area contributed by atoms with E-state index in [2.05, 4.69) is 5.32 Å². The van der Waals surface area contributed by atoms with Crippen molar-refractivity contribution in [2.75, 3.05) is 11.1 Å². The largest absolute Gasteiger partial charge is 0.452 e. The quantitative estimate of drug-likeness (QED) is 0.737. The van der Waals surface area contributed by atoms with Crippen molar-refractivity contribution in [3.63, 3.8) is 0 Å². The van der Waals surface area contributed by atoms with Gasteiger partial charge in [0.05, 0.1) is 11.4 Å². The van der Waals surface area contributed by atoms with Gasteiger partial charge in [0, 0.05) is 11.8 Å². The summed E-state index contributed by atoms with van der Waals surface area (Å²) in [7, 11) is 0. The number of hydrogen-bond donors (Lipinski definition) is 1. The third kappa shape index (κ3) is 6.15. The zero-order valence-electron chi connectivity index (χ0n) is 14.4. The highest BCUT2D eigenvalue weighted by atomic mass is 32.2. The van der Waals surface area contributed by atoms with Gasteiger partial charge in [-0.1, -0.05) is 29.8 Å². The molecule has 0 saturated carbocycles. The molecule has 2 aromatic rings. The van der Waals surface area contributed by atoms with E-state index in [1.165, 1.54) is 18.7 Å². The smallest absolute Gasteiger partial charge is 0.316 e. The summed E-state index contributed by atoms with van der Waals surface area (Å²) in [5.74, 6) is -2.01. The molecule has 2 rings (SSSR count). The number of benzene rings is 2. The Morgan fingerprint density at radius 1 is 1.15 bits per heavy atom. The molecule has 138 valence electrons. The Hall–Kier alpha value is -2.41. The molecule has 1 atom stereocenters. The van der Waals surface area contributed by atoms with Crippen molar-refractivity contribution in [3.8, 4) is 0 Å². The van der Waals surface area contributed by atoms with Crippen molar-refractivity contribution in [3.05, 3.63) is 65.2 Å². The summed E-state index contributed by atoms with van der Waals surface area (Å²) >= 11 is 1.37. The highest BCUT2D eigenvalue weighted by Crippen LogP contribution is 2.16. The lowest BCUT2D eigenvalue weighted by atomic mass is 10.2. The summed E-state index contributed by atoms with van der Waals surface area (Å²) in [6.07, 6.45) is -1.12. The molecule has 0 aliphatic heterocycles. The number of halogens is 2. The van der Waals surface area contributed by atoms with Gasteiger partial charge in [-0.05, 0) is 31.5 Å². The summed E-state index contributed by atoms with van der Waals surface area (Å²) in [6, 6.07) is 10.7. The summed E-state index contributed by atoms with van der Waals surface area (Å²) in [5, 5.41) is 2.21. The van der Waals surface area contributed by atoms with Gasteiger partial charge in [0.25, 0.3) is 5.91 Å². The van der Waals surface area contributed by atoms with Crippen LogP contribution in [0.4, 0.5) is 14.5 Å². The maximum Gasteiger partial charge on any atom is 0.316 e. The minimum atomic E-state index is -1.12. The van der Waals surface area contributed by atoms with Crippen LogP contribution >= 0.6 is 11.8 Å². The molecule has 4 nitrogen and oxygen atoms in total. The summed E-state index contributed by atoms with van der Waals surface area (Å²) in [6.45, 7) is 3.37. The molecule has 0 radical (unpaired) electrons. The zero-order valence-corrected chi connectivity index (χ0v) is 15.2. The van der Waals surface area contributed by atoms with Crippen LogP contribution in [0.3, 0.4) is 0 Å². The van der Waals surface area contributed by atoms with Crippen LogP contribution in [-0.4, -0.2) is 23.7 Å². The van der Waals surface area contributed by atoms with Crippen molar-refractivity contribution in [2.45, 2.75) is 25.7 Å². The molecule has 1 amide bonds. The van der Waals surface area contributed by atoms with Crippen molar-refractivity contribution < 1.29 is 23.1 Å². The molecule has 0 aliphatic rings. The molecular formula is C19H19F2NO3S. The minimum Gasteiger partial charge on any atom is -0.452 e. The highest BCUT2D eigenvalue weighted by molar-refractivity contribution is 7.99. The van der Waals surface area contributed by atoms with E-state index in [9.17, 15) is 18.4 Å². The SMILES string of the molecule is Cc1ccc(CSCC(=O)O[C@H](C)C(=O)Nc2cc(F)ccc2F)cc1. The van der Waals surface area contributed by atoms with Gasteiger partial charge in [-0.3, -0.25) is 9.59 Å². The van der Waals surface area contributed by atoms with E-state index < -0.39 is 29.6 Å². The normalized spacial score (nSPS) is 11.7. The lowest BCUT2D eigenvalue weighted by molar-refractivity contribution is -0.150. The predicted octanol–water partition coefficient (Wildman–Crippen LogP) is 4.08. The topological polar surface area (TPSA) is 55.4 Å². The minimum absolute atomic E-state index is 0.0832. The van der Waals surface area contributed by atoms with Crippen LogP contribution in [0.25, 0.3) is 0 Å². The first kappa shape index (κ1) is 19.9. The molecule has 0 spiro atoms. The number of nitrogens with one attached hydrogen (secondary N) is 1. The third-order valence-corrected chi connectivity index (χ3v) is 4.45. The van der Waals surface area contributed by atoms with Crippen LogP contribution in [-0.2, 0) is 20.1 Å². The second kappa shape index (κ2) is 9.33. The molecule has 0 heterocycles. The highest BCUT2D eigenvalue weighted by Gasteiger charge is 2.19. The molecule has 0 aliphatic carbocycles. The van der Waals surface area contributed by atoms with Crippen LogP contribution in [0.5, 0.6) is 0 Å². The Balaban J connectivity index is 1.77. The number of rotatable bonds is 7. The average Bonchev–Trinajstić information content (AvgIpc) is 2.59. The number of anilines is 1. The summed E-state index contributed by atoms with van der Waals surface area (Å²) in [4.78, 5) is 23.8. The van der Waals surface area contributed by atoms with E-state index >= 15 is 0 Å². The lowest BCUT2D eigenvalue weighted by Crippen LogP contribution is -2.30. The predicted molar refractivity (Wildman–Crippen MR) is 97.9 cm³/mol. The van der Waals surface area contributed by atoms with Gasteiger partial charge in [0.2, 0.25) is 0 Å². The standard InChI is InChI=1S/C19H19F2NO3S/c1-12-3-5-14(6-4-12)10-26-11-18(23)25-13(2)19(24)22-17-9-15(20)7-8-16(17)21/h3-9,13H,10-11H2,1-2H3,(H,22,24)/t13-/m1/s1. The van der Waals surface area contributed by atoms with Crippen molar-refractivity contribution in [1.29, 1.82) is 0 Å². The Bertz CT molecular complexity index is 781.